The minimum atomic E-state index is -4.91. The van der Waals surface area contributed by atoms with Gasteiger partial charge in [-0.05, 0) is 25.5 Å². The van der Waals surface area contributed by atoms with E-state index in [2.05, 4.69) is 5.32 Å². The third-order valence-electron chi connectivity index (χ3n) is 3.94. The Morgan fingerprint density at radius 2 is 2.17 bits per heavy atom. The standard InChI is InChI=1S/C14H16F3N3O4/c1-8(21)9-4-5-19(7-9)13(22)18-10-2-3-12(20(23)24)11(6-10)14(15,16)17/h2-3,6,8-9,21H,4-5,7H2,1H3,(H,18,22)/t8-,9-/m0/s1. The number of halogens is 3. The number of rotatable bonds is 3. The second-order valence-electron chi connectivity index (χ2n) is 5.65. The number of benzene rings is 1. The minimum Gasteiger partial charge on any atom is -0.393 e. The van der Waals surface area contributed by atoms with Crippen LogP contribution >= 0.6 is 0 Å². The number of nitrogens with one attached hydrogen (secondary N) is 1. The molecule has 1 saturated heterocycles. The van der Waals surface area contributed by atoms with Crippen molar-refractivity contribution in [2.24, 2.45) is 5.92 Å². The zero-order chi connectivity index (χ0) is 18.1. The van der Waals surface area contributed by atoms with Crippen LogP contribution in [-0.4, -0.2) is 40.2 Å². The molecule has 1 aliphatic heterocycles. The normalized spacial score (nSPS) is 19.2. The van der Waals surface area contributed by atoms with Gasteiger partial charge >= 0.3 is 12.2 Å². The largest absolute Gasteiger partial charge is 0.423 e. The summed E-state index contributed by atoms with van der Waals surface area (Å²) < 4.78 is 38.7. The van der Waals surface area contributed by atoms with Crippen LogP contribution in [0, 0.1) is 16.0 Å². The van der Waals surface area contributed by atoms with Gasteiger partial charge in [0.25, 0.3) is 5.69 Å². The van der Waals surface area contributed by atoms with Gasteiger partial charge in [0.15, 0.2) is 0 Å². The summed E-state index contributed by atoms with van der Waals surface area (Å²) in [7, 11) is 0. The van der Waals surface area contributed by atoms with Crippen molar-refractivity contribution in [1.29, 1.82) is 0 Å². The molecule has 0 radical (unpaired) electrons. The Kier molecular flexibility index (Phi) is 4.97. The van der Waals surface area contributed by atoms with Crippen LogP contribution in [0.2, 0.25) is 0 Å². The molecule has 1 heterocycles. The fourth-order valence-corrected chi connectivity index (χ4v) is 2.57. The van der Waals surface area contributed by atoms with Crippen LogP contribution < -0.4 is 5.32 Å². The van der Waals surface area contributed by atoms with E-state index in [1.807, 2.05) is 0 Å². The first-order valence-electron chi connectivity index (χ1n) is 7.19. The first-order chi connectivity index (χ1) is 11.1. The lowest BCUT2D eigenvalue weighted by atomic mass is 10.0. The molecule has 2 atom stereocenters. The number of nitro groups is 1. The summed E-state index contributed by atoms with van der Waals surface area (Å²) in [5.41, 5.74) is -2.68. The number of aliphatic hydroxyl groups excluding tert-OH is 1. The SMILES string of the molecule is C[C@H](O)[C@H]1CCN(C(=O)Nc2ccc([N+](=O)[O-])c(C(F)(F)F)c2)C1. The summed E-state index contributed by atoms with van der Waals surface area (Å²) in [5, 5.41) is 22.5. The van der Waals surface area contributed by atoms with Crippen molar-refractivity contribution in [3.05, 3.63) is 33.9 Å². The Bertz CT molecular complexity index is 649. The van der Waals surface area contributed by atoms with Crippen molar-refractivity contribution in [2.75, 3.05) is 18.4 Å². The van der Waals surface area contributed by atoms with Crippen LogP contribution in [-0.2, 0) is 6.18 Å². The monoisotopic (exact) mass is 347 g/mol. The summed E-state index contributed by atoms with van der Waals surface area (Å²) >= 11 is 0. The molecule has 1 aromatic carbocycles. The fraction of sp³-hybridized carbons (Fsp3) is 0.500. The molecule has 1 aliphatic rings. The van der Waals surface area contributed by atoms with E-state index < -0.39 is 34.5 Å². The van der Waals surface area contributed by atoms with Crippen molar-refractivity contribution in [2.45, 2.75) is 25.6 Å². The highest BCUT2D eigenvalue weighted by atomic mass is 19.4. The molecular formula is C14H16F3N3O4. The zero-order valence-corrected chi connectivity index (χ0v) is 12.7. The van der Waals surface area contributed by atoms with E-state index in [4.69, 9.17) is 0 Å². The maximum absolute atomic E-state index is 12.9. The maximum atomic E-state index is 12.9. The predicted molar refractivity (Wildman–Crippen MR) is 78.5 cm³/mol. The number of urea groups is 1. The van der Waals surface area contributed by atoms with Gasteiger partial charge in [-0.3, -0.25) is 10.1 Å². The van der Waals surface area contributed by atoms with Gasteiger partial charge in [0.2, 0.25) is 0 Å². The van der Waals surface area contributed by atoms with Crippen molar-refractivity contribution >= 4 is 17.4 Å². The quantitative estimate of drug-likeness (QED) is 0.649. The van der Waals surface area contributed by atoms with E-state index in [0.717, 1.165) is 6.07 Å². The molecule has 1 aromatic rings. The molecule has 24 heavy (non-hydrogen) atoms. The minimum absolute atomic E-state index is 0.0849. The predicted octanol–water partition coefficient (Wildman–Crippen LogP) is 2.85. The second-order valence-corrected chi connectivity index (χ2v) is 5.65. The van der Waals surface area contributed by atoms with Crippen LogP contribution in [0.4, 0.5) is 29.3 Å². The van der Waals surface area contributed by atoms with Gasteiger partial charge in [0.05, 0.1) is 11.0 Å². The number of carbonyl (C=O) groups is 1. The highest BCUT2D eigenvalue weighted by Gasteiger charge is 2.38. The number of hydrogen-bond acceptors (Lipinski definition) is 4. The van der Waals surface area contributed by atoms with Gasteiger partial charge in [-0.2, -0.15) is 13.2 Å². The third-order valence-corrected chi connectivity index (χ3v) is 3.94. The maximum Gasteiger partial charge on any atom is 0.423 e. The van der Waals surface area contributed by atoms with Gasteiger partial charge in [-0.1, -0.05) is 0 Å². The molecule has 132 valence electrons. The zero-order valence-electron chi connectivity index (χ0n) is 12.7. The summed E-state index contributed by atoms with van der Waals surface area (Å²) in [6.07, 6.45) is -4.90. The van der Waals surface area contributed by atoms with E-state index in [9.17, 15) is 33.2 Å². The average Bonchev–Trinajstić information content (AvgIpc) is 2.96. The van der Waals surface area contributed by atoms with Crippen LogP contribution in [0.5, 0.6) is 0 Å². The smallest absolute Gasteiger partial charge is 0.393 e. The van der Waals surface area contributed by atoms with E-state index >= 15 is 0 Å². The van der Waals surface area contributed by atoms with Gasteiger partial charge in [0, 0.05) is 30.8 Å². The van der Waals surface area contributed by atoms with Gasteiger partial charge in [0.1, 0.15) is 5.56 Å². The Balaban J connectivity index is 2.16. The van der Waals surface area contributed by atoms with Crippen LogP contribution in [0.1, 0.15) is 18.9 Å². The highest BCUT2D eigenvalue weighted by molar-refractivity contribution is 5.89. The van der Waals surface area contributed by atoms with Crippen molar-refractivity contribution in [3.63, 3.8) is 0 Å². The number of alkyl halides is 3. The molecule has 0 unspecified atom stereocenters. The summed E-state index contributed by atoms with van der Waals surface area (Å²) in [5.74, 6) is -0.0849. The van der Waals surface area contributed by atoms with Gasteiger partial charge in [-0.25, -0.2) is 4.79 Å². The third kappa shape index (κ3) is 3.94. The van der Waals surface area contributed by atoms with Gasteiger partial charge in [-0.15, -0.1) is 0 Å². The van der Waals surface area contributed by atoms with Crippen molar-refractivity contribution in [3.8, 4) is 0 Å². The van der Waals surface area contributed by atoms with Crippen LogP contribution in [0.15, 0.2) is 18.2 Å². The molecule has 0 saturated carbocycles. The molecule has 0 bridgehead atoms. The number of carbonyl (C=O) groups excluding carboxylic acids is 1. The first kappa shape index (κ1) is 18.0. The van der Waals surface area contributed by atoms with E-state index in [1.165, 1.54) is 4.90 Å². The Morgan fingerprint density at radius 1 is 1.50 bits per heavy atom. The number of amides is 2. The first-order valence-corrected chi connectivity index (χ1v) is 7.19. The highest BCUT2D eigenvalue weighted by Crippen LogP contribution is 2.37. The summed E-state index contributed by atoms with van der Waals surface area (Å²) in [4.78, 5) is 23.0. The lowest BCUT2D eigenvalue weighted by Crippen LogP contribution is -2.34. The van der Waals surface area contributed by atoms with Crippen molar-refractivity contribution < 1.29 is 28.0 Å². The number of hydrogen-bond donors (Lipinski definition) is 2. The van der Waals surface area contributed by atoms with E-state index in [0.29, 0.717) is 31.6 Å². The summed E-state index contributed by atoms with van der Waals surface area (Å²) in [6, 6.07) is 1.69. The Labute approximate surface area is 135 Å². The van der Waals surface area contributed by atoms with E-state index in [1.54, 1.807) is 6.92 Å². The molecule has 2 amide bonds. The Morgan fingerprint density at radius 3 is 2.67 bits per heavy atom. The average molecular weight is 347 g/mol. The molecular weight excluding hydrogens is 331 g/mol. The Hall–Kier alpha value is -2.36. The molecule has 0 spiro atoms. The molecule has 2 N–H and O–H groups in total. The summed E-state index contributed by atoms with van der Waals surface area (Å²) in [6.45, 7) is 2.28. The molecule has 7 nitrogen and oxygen atoms in total. The molecule has 2 rings (SSSR count). The topological polar surface area (TPSA) is 95.7 Å². The number of anilines is 1. The van der Waals surface area contributed by atoms with Crippen LogP contribution in [0.3, 0.4) is 0 Å². The molecule has 0 aromatic heterocycles. The fourth-order valence-electron chi connectivity index (χ4n) is 2.57. The molecule has 1 fully saturated rings. The van der Waals surface area contributed by atoms with E-state index in [-0.39, 0.29) is 11.6 Å². The number of nitrogens with zero attached hydrogens (tertiary/aromatic N) is 2. The number of nitro benzene ring substituents is 1. The lowest BCUT2D eigenvalue weighted by molar-refractivity contribution is -0.388. The lowest BCUT2D eigenvalue weighted by Gasteiger charge is -2.19. The number of aliphatic hydroxyl groups is 1. The van der Waals surface area contributed by atoms with Crippen molar-refractivity contribution in [1.82, 2.24) is 4.90 Å². The molecule has 10 heteroatoms. The second kappa shape index (κ2) is 6.63. The number of likely N-dealkylation sites (tertiary alicyclic amines) is 1. The van der Waals surface area contributed by atoms with Gasteiger partial charge < -0.3 is 15.3 Å². The van der Waals surface area contributed by atoms with Crippen LogP contribution in [0.25, 0.3) is 0 Å². The molecule has 0 aliphatic carbocycles.